The van der Waals surface area contributed by atoms with Crippen LogP contribution in [0.1, 0.15) is 66.2 Å². The summed E-state index contributed by atoms with van der Waals surface area (Å²) in [7, 11) is 9.87. The summed E-state index contributed by atoms with van der Waals surface area (Å²) in [5.74, 6) is 5.79. The summed E-state index contributed by atoms with van der Waals surface area (Å²) >= 11 is -0.826. The molecule has 2 fully saturated rings. The van der Waals surface area contributed by atoms with Crippen molar-refractivity contribution in [1.82, 2.24) is 0 Å². The fraction of sp³-hybridized carbons (Fsp3) is 0.500. The molecule has 2 aliphatic carbocycles. The van der Waals surface area contributed by atoms with Gasteiger partial charge in [-0.2, -0.15) is 0 Å². The fourth-order valence-corrected chi connectivity index (χ4v) is 2.33. The van der Waals surface area contributed by atoms with E-state index in [1.807, 2.05) is 0 Å². The molecule has 0 N–H and O–H groups in total. The van der Waals surface area contributed by atoms with Gasteiger partial charge in [0, 0.05) is 0 Å². The minimum absolute atomic E-state index is 0.826. The third-order valence-corrected chi connectivity index (χ3v) is 3.58. The summed E-state index contributed by atoms with van der Waals surface area (Å²) in [6.07, 6.45) is 21.1. The van der Waals surface area contributed by atoms with Crippen LogP contribution in [0, 0.1) is 62.2 Å². The Morgan fingerprint density at radius 3 is 1.30 bits per heavy atom. The van der Waals surface area contributed by atoms with E-state index < -0.39 is 20.8 Å². The fourth-order valence-electron chi connectivity index (χ4n) is 2.33. The van der Waals surface area contributed by atoms with Crippen LogP contribution in [0.15, 0.2) is 0 Å². The summed E-state index contributed by atoms with van der Waals surface area (Å²) in [5, 5.41) is 0. The standard InChI is InChI=1S/2C10H15.2ClH.Zr/c2*1-3-4-5-10-7-6-9(2)8-10;;;/h2*6-8H,3-5H2,1-2H3;2*1H;/q;;;;+4/p-2. The average molecular weight is 433 g/mol. The molecule has 0 aromatic rings. The van der Waals surface area contributed by atoms with Crippen molar-refractivity contribution in [1.29, 1.82) is 0 Å². The van der Waals surface area contributed by atoms with Crippen molar-refractivity contribution in [2.45, 2.75) is 66.2 Å². The van der Waals surface area contributed by atoms with E-state index in [0.717, 1.165) is 0 Å². The topological polar surface area (TPSA) is 0 Å². The Labute approximate surface area is 165 Å². The van der Waals surface area contributed by atoms with Gasteiger partial charge in [0.1, 0.15) is 0 Å². The van der Waals surface area contributed by atoms with E-state index in [9.17, 15) is 0 Å². The van der Waals surface area contributed by atoms with Gasteiger partial charge in [0.2, 0.25) is 0 Å². The number of hydrogen-bond donors (Lipinski definition) is 0. The number of hydrogen-bond acceptors (Lipinski definition) is 0. The van der Waals surface area contributed by atoms with Crippen LogP contribution in [0.2, 0.25) is 0 Å². The molecule has 0 heterocycles. The van der Waals surface area contributed by atoms with Crippen LogP contribution in [0.4, 0.5) is 0 Å². The maximum absolute atomic E-state index is 4.93. The molecule has 2 saturated carbocycles. The van der Waals surface area contributed by atoms with Crippen LogP contribution in [0.5, 0.6) is 0 Å². The average Bonchev–Trinajstić information content (AvgIpc) is 3.13. The molecule has 3 heteroatoms. The number of unbranched alkanes of at least 4 members (excludes halogenated alkanes) is 2. The van der Waals surface area contributed by atoms with Gasteiger partial charge < -0.3 is 0 Å². The molecule has 0 unspecified atom stereocenters. The van der Waals surface area contributed by atoms with E-state index in [1.165, 1.54) is 62.2 Å². The van der Waals surface area contributed by atoms with Gasteiger partial charge in [-0.1, -0.05) is 53.4 Å². The molecular formula is C20H30Cl2Zr+2. The molecule has 0 aliphatic heterocycles. The Hall–Kier alpha value is 1.46. The third-order valence-electron chi connectivity index (χ3n) is 3.58. The Balaban J connectivity index is 0.000000360. The molecule has 2 aliphatic rings. The molecule has 0 aromatic heterocycles. The Bertz CT molecular complexity index is 224. The molecule has 0 saturated heterocycles. The van der Waals surface area contributed by atoms with Gasteiger partial charge in [-0.05, 0) is 75.0 Å². The van der Waals surface area contributed by atoms with Gasteiger partial charge in [0.15, 0.2) is 0 Å². The van der Waals surface area contributed by atoms with Crippen molar-refractivity contribution in [3.05, 3.63) is 62.2 Å². The third kappa shape index (κ3) is 14.3. The molecule has 0 amide bonds. The van der Waals surface area contributed by atoms with Gasteiger partial charge in [-0.25, -0.2) is 0 Å². The summed E-state index contributed by atoms with van der Waals surface area (Å²) < 4.78 is 0. The van der Waals surface area contributed by atoms with Crippen molar-refractivity contribution in [3.8, 4) is 0 Å². The van der Waals surface area contributed by atoms with Crippen molar-refractivity contribution in [2.24, 2.45) is 0 Å². The molecule has 126 valence electrons. The first-order chi connectivity index (χ1) is 11.1. The number of halogens is 2. The van der Waals surface area contributed by atoms with Gasteiger partial charge in [0.25, 0.3) is 0 Å². The van der Waals surface area contributed by atoms with E-state index >= 15 is 0 Å². The van der Waals surface area contributed by atoms with Crippen LogP contribution < -0.4 is 0 Å². The van der Waals surface area contributed by atoms with Crippen LogP contribution >= 0.6 is 17.0 Å². The number of rotatable bonds is 6. The molecule has 0 nitrogen and oxygen atoms in total. The quantitative estimate of drug-likeness (QED) is 0.412. The van der Waals surface area contributed by atoms with Crippen LogP contribution in [0.3, 0.4) is 0 Å². The normalized spacial score (nSPS) is 19.7. The molecule has 23 heavy (non-hydrogen) atoms. The zero-order chi connectivity index (χ0) is 17.5. The van der Waals surface area contributed by atoms with E-state index in [1.54, 1.807) is 0 Å². The molecule has 10 radical (unpaired) electrons. The first kappa shape index (κ1) is 24.5. The van der Waals surface area contributed by atoms with E-state index in [-0.39, 0.29) is 0 Å². The summed E-state index contributed by atoms with van der Waals surface area (Å²) in [4.78, 5) is 0. The predicted molar refractivity (Wildman–Crippen MR) is 101 cm³/mol. The molecular weight excluding hydrogens is 402 g/mol. The van der Waals surface area contributed by atoms with Gasteiger partial charge in [0.05, 0.1) is 0 Å². The van der Waals surface area contributed by atoms with Gasteiger partial charge >= 0.3 is 37.9 Å². The van der Waals surface area contributed by atoms with Gasteiger partial charge in [-0.3, -0.25) is 0 Å². The van der Waals surface area contributed by atoms with Crippen LogP contribution in [-0.4, -0.2) is 0 Å². The Morgan fingerprint density at radius 1 is 0.739 bits per heavy atom. The SMILES string of the molecule is CCCC[C]1[CH][CH][C](C)[CH]1.CCCC[C]1[CH][CH][C](C)[CH]1.[Cl][Zr+2][Cl]. The first-order valence-corrected chi connectivity index (χ1v) is 14.8. The summed E-state index contributed by atoms with van der Waals surface area (Å²) in [5.41, 5.74) is 0. The molecule has 0 aromatic carbocycles. The van der Waals surface area contributed by atoms with Crippen LogP contribution in [-0.2, 0) is 20.8 Å². The molecule has 0 spiro atoms. The summed E-state index contributed by atoms with van der Waals surface area (Å²) in [6, 6.07) is 0. The summed E-state index contributed by atoms with van der Waals surface area (Å²) in [6.45, 7) is 8.76. The molecule has 2 rings (SSSR count). The Kier molecular flexibility index (Phi) is 18.0. The van der Waals surface area contributed by atoms with Crippen molar-refractivity contribution in [3.63, 3.8) is 0 Å². The monoisotopic (exact) mass is 430 g/mol. The van der Waals surface area contributed by atoms with Crippen molar-refractivity contribution in [2.75, 3.05) is 0 Å². The molecule has 0 bridgehead atoms. The van der Waals surface area contributed by atoms with Crippen LogP contribution in [0.25, 0.3) is 0 Å². The van der Waals surface area contributed by atoms with E-state index in [0.29, 0.717) is 0 Å². The van der Waals surface area contributed by atoms with E-state index in [4.69, 9.17) is 17.0 Å². The zero-order valence-corrected chi connectivity index (χ0v) is 18.9. The predicted octanol–water partition coefficient (Wildman–Crippen LogP) is 7.32. The first-order valence-electron chi connectivity index (χ1n) is 8.48. The van der Waals surface area contributed by atoms with Crippen molar-refractivity contribution < 1.29 is 20.8 Å². The second kappa shape index (κ2) is 16.9. The maximum atomic E-state index is 4.93. The van der Waals surface area contributed by atoms with Crippen molar-refractivity contribution >= 4 is 17.0 Å². The van der Waals surface area contributed by atoms with E-state index in [2.05, 4.69) is 66.2 Å². The second-order valence-corrected chi connectivity index (χ2v) is 9.60. The second-order valence-electron chi connectivity index (χ2n) is 5.87. The molecule has 0 atom stereocenters. The zero-order valence-electron chi connectivity index (χ0n) is 15.0. The minimum atomic E-state index is -0.826. The Morgan fingerprint density at radius 2 is 1.09 bits per heavy atom. The van der Waals surface area contributed by atoms with Gasteiger partial charge in [-0.15, -0.1) is 0 Å².